The zero-order chi connectivity index (χ0) is 25.5. The lowest BCUT2D eigenvalue weighted by Gasteiger charge is -2.17. The van der Waals surface area contributed by atoms with Crippen LogP contribution in [0.15, 0.2) is 51.9 Å². The third-order valence-electron chi connectivity index (χ3n) is 4.80. The summed E-state index contributed by atoms with van der Waals surface area (Å²) < 4.78 is 24.2. The summed E-state index contributed by atoms with van der Waals surface area (Å²) in [6.45, 7) is 0.732. The van der Waals surface area contributed by atoms with Crippen LogP contribution in [0.2, 0.25) is 0 Å². The van der Waals surface area contributed by atoms with Crippen LogP contribution in [-0.2, 0) is 33.5 Å². The van der Waals surface area contributed by atoms with E-state index in [1.54, 1.807) is 28.8 Å². The first-order chi connectivity index (χ1) is 17.4. The average molecular weight is 513 g/mol. The van der Waals surface area contributed by atoms with E-state index >= 15 is 0 Å². The highest BCUT2D eigenvalue weighted by Crippen LogP contribution is 2.40. The van der Waals surface area contributed by atoms with Crippen molar-refractivity contribution in [1.29, 1.82) is 5.26 Å². The molecule has 0 aliphatic carbocycles. The molecule has 0 fully saturated rings. The Morgan fingerprint density at radius 3 is 2.72 bits per heavy atom. The zero-order valence-corrected chi connectivity index (χ0v) is 19.6. The van der Waals surface area contributed by atoms with Gasteiger partial charge in [-0.1, -0.05) is 12.1 Å². The highest BCUT2D eigenvalue weighted by Gasteiger charge is 2.17. The molecule has 3 N–H and O–H groups in total. The van der Waals surface area contributed by atoms with E-state index in [1.165, 1.54) is 18.5 Å². The number of nitro groups is 1. The van der Waals surface area contributed by atoms with Crippen LogP contribution >= 0.6 is 8.38 Å². The molecule has 3 aromatic heterocycles. The first kappa shape index (κ1) is 25.0. The second-order valence-corrected chi connectivity index (χ2v) is 8.72. The summed E-state index contributed by atoms with van der Waals surface area (Å²) in [5.74, 6) is -0.121. The lowest BCUT2D eigenvalue weighted by atomic mass is 10.2. The molecule has 3 heterocycles. The summed E-state index contributed by atoms with van der Waals surface area (Å²) in [6.07, 6.45) is 1.57. The van der Waals surface area contributed by atoms with Gasteiger partial charge in [-0.2, -0.15) is 10.2 Å². The molecule has 0 aliphatic heterocycles. The average Bonchev–Trinajstić information content (AvgIpc) is 3.51. The summed E-state index contributed by atoms with van der Waals surface area (Å²) in [5.41, 5.74) is 7.07. The first-order valence-corrected chi connectivity index (χ1v) is 11.8. The minimum Gasteiger partial charge on any atom is -0.403 e. The molecule has 1 atom stereocenters. The molecule has 0 saturated carbocycles. The minimum atomic E-state index is -1.57. The number of hydrogen-bond donors (Lipinski definition) is 2. The van der Waals surface area contributed by atoms with Crippen LogP contribution in [0, 0.1) is 21.4 Å². The normalized spacial score (nSPS) is 12.0. The number of hydrogen-bond acceptors (Lipinski definition) is 11. The fourth-order valence-electron chi connectivity index (χ4n) is 3.05. The summed E-state index contributed by atoms with van der Waals surface area (Å²) in [4.78, 5) is 32.6. The monoisotopic (exact) mass is 513 g/mol. The van der Waals surface area contributed by atoms with Gasteiger partial charge < -0.3 is 28.5 Å². The number of furan rings is 1. The Morgan fingerprint density at radius 1 is 1.22 bits per heavy atom. The topological polar surface area (TPSA) is 197 Å². The van der Waals surface area contributed by atoms with Gasteiger partial charge in [0.1, 0.15) is 23.6 Å². The number of H-pyrrole nitrogens is 1. The SMILES string of the molecule is N#Cc1ccc(COP(COCCn2cnc3c(=O)[nH]c(N)nc32)OCc2ccc([N+](=O)[O-])o2)cc1. The van der Waals surface area contributed by atoms with Crippen molar-refractivity contribution in [2.75, 3.05) is 18.7 Å². The van der Waals surface area contributed by atoms with Crippen LogP contribution < -0.4 is 11.3 Å². The van der Waals surface area contributed by atoms with Crippen LogP contribution in [-0.4, -0.2) is 37.4 Å². The summed E-state index contributed by atoms with van der Waals surface area (Å²) in [6, 6.07) is 11.7. The fraction of sp³-hybridized carbons (Fsp3) is 0.238. The van der Waals surface area contributed by atoms with Crippen LogP contribution in [0.4, 0.5) is 11.8 Å². The Labute approximate surface area is 204 Å². The molecule has 186 valence electrons. The molecule has 0 saturated heterocycles. The Balaban J connectivity index is 1.35. The molecule has 36 heavy (non-hydrogen) atoms. The molecule has 4 aromatic rings. The summed E-state index contributed by atoms with van der Waals surface area (Å²) >= 11 is 0. The maximum Gasteiger partial charge on any atom is 0.433 e. The number of benzene rings is 1. The Morgan fingerprint density at radius 2 is 2.00 bits per heavy atom. The van der Waals surface area contributed by atoms with Gasteiger partial charge in [0.25, 0.3) is 5.56 Å². The Kier molecular flexibility index (Phi) is 7.99. The van der Waals surface area contributed by atoms with Crippen molar-refractivity contribution >= 4 is 31.4 Å². The van der Waals surface area contributed by atoms with Gasteiger partial charge in [-0.15, -0.1) is 0 Å². The van der Waals surface area contributed by atoms with E-state index in [0.29, 0.717) is 17.8 Å². The lowest BCUT2D eigenvalue weighted by molar-refractivity contribution is -0.402. The molecule has 0 radical (unpaired) electrons. The van der Waals surface area contributed by atoms with Crippen molar-refractivity contribution in [2.45, 2.75) is 19.8 Å². The number of anilines is 1. The van der Waals surface area contributed by atoms with Gasteiger partial charge in [0.2, 0.25) is 5.95 Å². The highest BCUT2D eigenvalue weighted by atomic mass is 31.2. The van der Waals surface area contributed by atoms with E-state index in [9.17, 15) is 14.9 Å². The third-order valence-corrected chi connectivity index (χ3v) is 6.03. The number of rotatable bonds is 12. The maximum atomic E-state index is 11.9. The molecule has 15 heteroatoms. The number of nitrogens with one attached hydrogen (secondary N) is 1. The Hall–Kier alpha value is -4.15. The van der Waals surface area contributed by atoms with Crippen LogP contribution in [0.25, 0.3) is 11.2 Å². The number of fused-ring (bicyclic) bond motifs is 1. The Bertz CT molecular complexity index is 1440. The van der Waals surface area contributed by atoms with Gasteiger partial charge in [-0.05, 0) is 23.8 Å². The van der Waals surface area contributed by atoms with E-state index in [0.717, 1.165) is 5.56 Å². The smallest absolute Gasteiger partial charge is 0.403 e. The zero-order valence-electron chi connectivity index (χ0n) is 18.7. The quantitative estimate of drug-likeness (QED) is 0.122. The van der Waals surface area contributed by atoms with Crippen LogP contribution in [0.1, 0.15) is 16.9 Å². The van der Waals surface area contributed by atoms with E-state index in [4.69, 9.17) is 29.2 Å². The number of aromatic nitrogens is 4. The highest BCUT2D eigenvalue weighted by molar-refractivity contribution is 7.46. The van der Waals surface area contributed by atoms with Gasteiger partial charge in [-0.25, -0.2) is 4.98 Å². The number of nitrogens with zero attached hydrogens (tertiary/aromatic N) is 5. The minimum absolute atomic E-state index is 0.0125. The predicted molar refractivity (Wildman–Crippen MR) is 126 cm³/mol. The van der Waals surface area contributed by atoms with Crippen LogP contribution in [0.5, 0.6) is 0 Å². The lowest BCUT2D eigenvalue weighted by Crippen LogP contribution is -2.13. The number of nitrogens with two attached hydrogens (primary N) is 1. The molecular weight excluding hydrogens is 493 g/mol. The summed E-state index contributed by atoms with van der Waals surface area (Å²) in [7, 11) is -1.57. The van der Waals surface area contributed by atoms with E-state index in [-0.39, 0.29) is 49.3 Å². The second kappa shape index (κ2) is 11.5. The third kappa shape index (κ3) is 6.29. The van der Waals surface area contributed by atoms with Gasteiger partial charge in [0.05, 0.1) is 37.2 Å². The van der Waals surface area contributed by atoms with Crippen molar-refractivity contribution < 1.29 is 23.1 Å². The first-order valence-electron chi connectivity index (χ1n) is 10.5. The molecule has 0 aliphatic rings. The van der Waals surface area contributed by atoms with Crippen LogP contribution in [0.3, 0.4) is 0 Å². The number of nitrogen functional groups attached to an aromatic ring is 1. The van der Waals surface area contributed by atoms with Crippen molar-refractivity contribution in [2.24, 2.45) is 0 Å². The number of nitriles is 1. The summed E-state index contributed by atoms with van der Waals surface area (Å²) in [5, 5.41) is 19.8. The van der Waals surface area contributed by atoms with Crippen molar-refractivity contribution in [1.82, 2.24) is 19.5 Å². The molecule has 4 rings (SSSR count). The standard InChI is InChI=1S/C21H20N7O7P/c22-9-14-1-3-15(4-2-14)10-33-36(34-11-16-5-6-17(35-16)28(30)31)13-32-8-7-27-12-24-18-19(27)25-21(23)26-20(18)29/h1-6,12H,7-8,10-11,13H2,(H3,23,25,26,29). The number of ether oxygens (including phenoxy) is 1. The molecule has 1 unspecified atom stereocenters. The van der Waals surface area contributed by atoms with Gasteiger partial charge in [0, 0.05) is 6.54 Å². The number of imidazole rings is 1. The second-order valence-electron chi connectivity index (χ2n) is 7.28. The molecule has 0 bridgehead atoms. The van der Waals surface area contributed by atoms with Crippen molar-refractivity contribution in [3.8, 4) is 6.07 Å². The van der Waals surface area contributed by atoms with E-state index in [1.807, 2.05) is 0 Å². The molecule has 0 spiro atoms. The fourth-order valence-corrected chi connectivity index (χ4v) is 4.11. The molecule has 14 nitrogen and oxygen atoms in total. The maximum absolute atomic E-state index is 11.9. The van der Waals surface area contributed by atoms with Crippen molar-refractivity contribution in [3.63, 3.8) is 0 Å². The molecular formula is C21H20N7O7P. The van der Waals surface area contributed by atoms with Gasteiger partial charge >= 0.3 is 5.88 Å². The molecule has 1 aromatic carbocycles. The number of aromatic amines is 1. The van der Waals surface area contributed by atoms with E-state index < -0.39 is 18.9 Å². The predicted octanol–water partition coefficient (Wildman–Crippen LogP) is 2.79. The van der Waals surface area contributed by atoms with Gasteiger partial charge in [0.15, 0.2) is 19.5 Å². The molecule has 0 amide bonds. The van der Waals surface area contributed by atoms with Gasteiger partial charge in [-0.3, -0.25) is 19.9 Å². The van der Waals surface area contributed by atoms with Crippen molar-refractivity contribution in [3.05, 3.63) is 80.1 Å². The largest absolute Gasteiger partial charge is 0.433 e. The van der Waals surface area contributed by atoms with E-state index in [2.05, 4.69) is 21.0 Å².